The standard InChI is InChI=1S/C14H23NO2S/c1-9(2)13(12-7-6-8-18-12)15-11(4)10(3)14(16)17-5/h6-11,13,15H,1-5H3. The van der Waals surface area contributed by atoms with E-state index in [2.05, 4.69) is 36.7 Å². The van der Waals surface area contributed by atoms with Gasteiger partial charge in [-0.1, -0.05) is 26.8 Å². The average Bonchev–Trinajstić information content (AvgIpc) is 2.86. The van der Waals surface area contributed by atoms with E-state index in [1.807, 2.05) is 13.8 Å². The third kappa shape index (κ3) is 3.82. The molecule has 3 nitrogen and oxygen atoms in total. The van der Waals surface area contributed by atoms with Crippen LogP contribution in [0.1, 0.15) is 38.6 Å². The molecule has 1 heterocycles. The molecule has 0 saturated carbocycles. The number of carbonyl (C=O) groups excluding carboxylic acids is 1. The zero-order valence-electron chi connectivity index (χ0n) is 11.8. The summed E-state index contributed by atoms with van der Waals surface area (Å²) in [7, 11) is 1.44. The average molecular weight is 269 g/mol. The number of carbonyl (C=O) groups is 1. The van der Waals surface area contributed by atoms with Crippen LogP contribution in [0.25, 0.3) is 0 Å². The Morgan fingerprint density at radius 3 is 2.44 bits per heavy atom. The van der Waals surface area contributed by atoms with Crippen molar-refractivity contribution in [2.24, 2.45) is 11.8 Å². The Morgan fingerprint density at radius 2 is 2.00 bits per heavy atom. The van der Waals surface area contributed by atoms with Crippen LogP contribution in [0.2, 0.25) is 0 Å². The van der Waals surface area contributed by atoms with Gasteiger partial charge in [-0.2, -0.15) is 0 Å². The molecule has 0 aliphatic rings. The minimum atomic E-state index is -0.163. The van der Waals surface area contributed by atoms with Crippen LogP contribution in [0, 0.1) is 11.8 Å². The van der Waals surface area contributed by atoms with Gasteiger partial charge in [0.2, 0.25) is 0 Å². The molecule has 1 aromatic heterocycles. The maximum Gasteiger partial charge on any atom is 0.309 e. The van der Waals surface area contributed by atoms with Gasteiger partial charge in [-0.15, -0.1) is 11.3 Å². The lowest BCUT2D eigenvalue weighted by atomic mass is 9.98. The highest BCUT2D eigenvalue weighted by Gasteiger charge is 2.25. The fraction of sp³-hybridized carbons (Fsp3) is 0.643. The first-order chi connectivity index (χ1) is 8.47. The summed E-state index contributed by atoms with van der Waals surface area (Å²) in [6.45, 7) is 8.31. The largest absolute Gasteiger partial charge is 0.469 e. The molecule has 1 aromatic rings. The second kappa shape index (κ2) is 6.90. The number of nitrogens with one attached hydrogen (secondary N) is 1. The quantitative estimate of drug-likeness (QED) is 0.806. The molecule has 0 aromatic carbocycles. The van der Waals surface area contributed by atoms with Crippen LogP contribution in [-0.4, -0.2) is 19.1 Å². The molecule has 18 heavy (non-hydrogen) atoms. The third-order valence-electron chi connectivity index (χ3n) is 3.28. The van der Waals surface area contributed by atoms with E-state index in [0.717, 1.165) is 0 Å². The van der Waals surface area contributed by atoms with Crippen molar-refractivity contribution in [2.45, 2.75) is 39.8 Å². The van der Waals surface area contributed by atoms with Crippen molar-refractivity contribution in [3.63, 3.8) is 0 Å². The summed E-state index contributed by atoms with van der Waals surface area (Å²) in [5, 5.41) is 5.63. The van der Waals surface area contributed by atoms with Crippen LogP contribution in [-0.2, 0) is 9.53 Å². The van der Waals surface area contributed by atoms with Gasteiger partial charge in [-0.3, -0.25) is 4.79 Å². The minimum Gasteiger partial charge on any atom is -0.469 e. The molecule has 0 aliphatic heterocycles. The highest BCUT2D eigenvalue weighted by atomic mass is 32.1. The van der Waals surface area contributed by atoms with Crippen molar-refractivity contribution < 1.29 is 9.53 Å². The van der Waals surface area contributed by atoms with E-state index in [-0.39, 0.29) is 24.0 Å². The first-order valence-corrected chi connectivity index (χ1v) is 7.22. The van der Waals surface area contributed by atoms with Crippen LogP contribution in [0.4, 0.5) is 0 Å². The van der Waals surface area contributed by atoms with E-state index in [1.165, 1.54) is 12.0 Å². The number of esters is 1. The number of ether oxygens (including phenoxy) is 1. The molecular formula is C14H23NO2S. The molecule has 3 atom stereocenters. The lowest BCUT2D eigenvalue weighted by Crippen LogP contribution is -2.40. The van der Waals surface area contributed by atoms with Crippen LogP contribution in [0.3, 0.4) is 0 Å². The Labute approximate surface area is 114 Å². The molecular weight excluding hydrogens is 246 g/mol. The van der Waals surface area contributed by atoms with Crippen molar-refractivity contribution in [1.82, 2.24) is 5.32 Å². The molecule has 3 unspecified atom stereocenters. The molecule has 0 radical (unpaired) electrons. The van der Waals surface area contributed by atoms with Crippen molar-refractivity contribution in [3.8, 4) is 0 Å². The van der Waals surface area contributed by atoms with Crippen LogP contribution in [0.5, 0.6) is 0 Å². The van der Waals surface area contributed by atoms with Gasteiger partial charge in [0.25, 0.3) is 0 Å². The molecule has 102 valence electrons. The van der Waals surface area contributed by atoms with Gasteiger partial charge in [0.1, 0.15) is 0 Å². The maximum atomic E-state index is 11.5. The van der Waals surface area contributed by atoms with E-state index in [1.54, 1.807) is 11.3 Å². The molecule has 0 fully saturated rings. The van der Waals surface area contributed by atoms with Crippen molar-refractivity contribution in [1.29, 1.82) is 0 Å². The molecule has 0 amide bonds. The number of thiophene rings is 1. The molecule has 0 bridgehead atoms. The highest BCUT2D eigenvalue weighted by molar-refractivity contribution is 7.10. The summed E-state index contributed by atoms with van der Waals surface area (Å²) >= 11 is 1.75. The van der Waals surface area contributed by atoms with E-state index >= 15 is 0 Å². The topological polar surface area (TPSA) is 38.3 Å². The Bertz CT molecular complexity index is 362. The van der Waals surface area contributed by atoms with E-state index < -0.39 is 0 Å². The molecule has 0 aliphatic carbocycles. The van der Waals surface area contributed by atoms with Crippen molar-refractivity contribution in [2.75, 3.05) is 7.11 Å². The van der Waals surface area contributed by atoms with Gasteiger partial charge in [0.15, 0.2) is 0 Å². The second-order valence-electron chi connectivity index (χ2n) is 5.00. The minimum absolute atomic E-state index is 0.0898. The summed E-state index contributed by atoms with van der Waals surface area (Å²) in [6.07, 6.45) is 0. The Balaban J connectivity index is 2.70. The predicted molar refractivity (Wildman–Crippen MR) is 75.7 cm³/mol. The molecule has 4 heteroatoms. The Morgan fingerprint density at radius 1 is 1.33 bits per heavy atom. The molecule has 0 spiro atoms. The fourth-order valence-corrected chi connectivity index (χ4v) is 2.85. The van der Waals surface area contributed by atoms with Crippen LogP contribution < -0.4 is 5.32 Å². The number of methoxy groups -OCH3 is 1. The van der Waals surface area contributed by atoms with Crippen molar-refractivity contribution in [3.05, 3.63) is 22.4 Å². The summed E-state index contributed by atoms with van der Waals surface area (Å²) in [6, 6.07) is 4.57. The van der Waals surface area contributed by atoms with Crippen molar-refractivity contribution >= 4 is 17.3 Å². The summed E-state index contributed by atoms with van der Waals surface area (Å²) in [5.74, 6) is 0.177. The van der Waals surface area contributed by atoms with Gasteiger partial charge < -0.3 is 10.1 Å². The van der Waals surface area contributed by atoms with E-state index in [4.69, 9.17) is 4.74 Å². The SMILES string of the molecule is COC(=O)C(C)C(C)NC(c1cccs1)C(C)C. The summed E-state index contributed by atoms with van der Waals surface area (Å²) < 4.78 is 4.79. The molecule has 1 N–H and O–H groups in total. The van der Waals surface area contributed by atoms with Gasteiger partial charge >= 0.3 is 5.97 Å². The van der Waals surface area contributed by atoms with Gasteiger partial charge in [-0.25, -0.2) is 0 Å². The Hall–Kier alpha value is -0.870. The van der Waals surface area contributed by atoms with Gasteiger partial charge in [0.05, 0.1) is 13.0 Å². The van der Waals surface area contributed by atoms with Crippen LogP contribution >= 0.6 is 11.3 Å². The maximum absolute atomic E-state index is 11.5. The zero-order chi connectivity index (χ0) is 13.7. The molecule has 0 saturated heterocycles. The van der Waals surface area contributed by atoms with E-state index in [0.29, 0.717) is 5.92 Å². The lowest BCUT2D eigenvalue weighted by Gasteiger charge is -2.28. The number of rotatable bonds is 6. The van der Waals surface area contributed by atoms with E-state index in [9.17, 15) is 4.79 Å². The van der Waals surface area contributed by atoms with Crippen LogP contribution in [0.15, 0.2) is 17.5 Å². The van der Waals surface area contributed by atoms with Gasteiger partial charge in [-0.05, 0) is 24.3 Å². The lowest BCUT2D eigenvalue weighted by molar-refractivity contribution is -0.145. The first-order valence-electron chi connectivity index (χ1n) is 6.34. The monoisotopic (exact) mass is 269 g/mol. The predicted octanol–water partition coefficient (Wildman–Crippen LogP) is 3.23. The first kappa shape index (κ1) is 15.2. The fourth-order valence-electron chi connectivity index (χ4n) is 1.89. The normalized spacial score (nSPS) is 16.3. The Kier molecular flexibility index (Phi) is 5.82. The number of hydrogen-bond donors (Lipinski definition) is 1. The summed E-state index contributed by atoms with van der Waals surface area (Å²) in [5.41, 5.74) is 0. The third-order valence-corrected chi connectivity index (χ3v) is 4.24. The highest BCUT2D eigenvalue weighted by Crippen LogP contribution is 2.27. The molecule has 1 rings (SSSR count). The van der Waals surface area contributed by atoms with Gasteiger partial charge in [0, 0.05) is 17.0 Å². The second-order valence-corrected chi connectivity index (χ2v) is 5.98. The number of hydrogen-bond acceptors (Lipinski definition) is 4. The summed E-state index contributed by atoms with van der Waals surface area (Å²) in [4.78, 5) is 12.8. The zero-order valence-corrected chi connectivity index (χ0v) is 12.6. The smallest absolute Gasteiger partial charge is 0.309 e.